The Balaban J connectivity index is 1.32. The van der Waals surface area contributed by atoms with Crippen LogP contribution in [0.3, 0.4) is 0 Å². The zero-order valence-electron chi connectivity index (χ0n) is 19.5. The van der Waals surface area contributed by atoms with E-state index in [1.54, 1.807) is 12.4 Å². The molecule has 7 heteroatoms. The summed E-state index contributed by atoms with van der Waals surface area (Å²) < 4.78 is 10.8. The van der Waals surface area contributed by atoms with Gasteiger partial charge in [0, 0.05) is 18.3 Å². The predicted molar refractivity (Wildman–Crippen MR) is 127 cm³/mol. The van der Waals surface area contributed by atoms with Gasteiger partial charge in [-0.05, 0) is 69.9 Å². The van der Waals surface area contributed by atoms with Crippen molar-refractivity contribution in [2.75, 3.05) is 5.32 Å². The molecule has 0 aliphatic rings. The number of carbonyl (C=O) groups excluding carboxylic acids is 2. The lowest BCUT2D eigenvalue weighted by Gasteiger charge is -2.19. The first-order valence-electron chi connectivity index (χ1n) is 11.3. The molecule has 0 spiro atoms. The van der Waals surface area contributed by atoms with Gasteiger partial charge < -0.3 is 9.15 Å². The van der Waals surface area contributed by atoms with Gasteiger partial charge in [0.1, 0.15) is 11.3 Å². The number of aryl methyl sites for hydroxylation is 1. The fraction of sp³-hybridized carbons (Fsp3) is 0.385. The second kappa shape index (κ2) is 11.4. The monoisotopic (exact) mass is 449 g/mol. The Kier molecular flexibility index (Phi) is 8.35. The highest BCUT2D eigenvalue weighted by atomic mass is 16.6. The first-order valence-corrected chi connectivity index (χ1v) is 11.3. The molecule has 2 heterocycles. The van der Waals surface area contributed by atoms with Crippen LogP contribution in [0.5, 0.6) is 0 Å². The predicted octanol–water partition coefficient (Wildman–Crippen LogP) is 6.46. The molecule has 7 nitrogen and oxygen atoms in total. The van der Waals surface area contributed by atoms with E-state index in [1.165, 1.54) is 5.56 Å². The number of ketones is 1. The highest BCUT2D eigenvalue weighted by Crippen LogP contribution is 2.19. The van der Waals surface area contributed by atoms with Crippen LogP contribution in [0.15, 0.2) is 59.3 Å². The van der Waals surface area contributed by atoms with Crippen LogP contribution in [0.4, 0.5) is 10.5 Å². The number of hydrogen-bond acceptors (Lipinski definition) is 6. The number of hydrogen-bond donors (Lipinski definition) is 1. The summed E-state index contributed by atoms with van der Waals surface area (Å²) in [6.07, 6.45) is 7.99. The molecule has 0 unspecified atom stereocenters. The van der Waals surface area contributed by atoms with Gasteiger partial charge in [0.05, 0.1) is 6.20 Å². The van der Waals surface area contributed by atoms with Crippen LogP contribution in [0.25, 0.3) is 11.5 Å². The number of nitrogens with zero attached hydrogens (tertiary/aromatic N) is 2. The van der Waals surface area contributed by atoms with Crippen molar-refractivity contribution in [3.63, 3.8) is 0 Å². The molecule has 3 rings (SSSR count). The minimum absolute atomic E-state index is 0.0785. The van der Waals surface area contributed by atoms with E-state index in [-0.39, 0.29) is 11.7 Å². The maximum Gasteiger partial charge on any atom is 0.412 e. The summed E-state index contributed by atoms with van der Waals surface area (Å²) in [5, 5.41) is 2.74. The summed E-state index contributed by atoms with van der Waals surface area (Å²) >= 11 is 0. The molecule has 0 fully saturated rings. The first-order chi connectivity index (χ1) is 15.8. The number of amides is 1. The number of oxazole rings is 1. The number of carbonyl (C=O) groups is 2. The molecular formula is C26H31N3O4. The molecule has 0 aliphatic heterocycles. The number of anilines is 1. The van der Waals surface area contributed by atoms with Crippen molar-refractivity contribution in [3.8, 4) is 11.5 Å². The average Bonchev–Trinajstić information content (AvgIpc) is 3.27. The average molecular weight is 450 g/mol. The summed E-state index contributed by atoms with van der Waals surface area (Å²) in [4.78, 5) is 32.4. The van der Waals surface area contributed by atoms with E-state index in [9.17, 15) is 9.59 Å². The molecule has 3 aromatic rings. The van der Waals surface area contributed by atoms with E-state index in [0.29, 0.717) is 23.6 Å². The molecule has 0 atom stereocenters. The number of nitrogens with one attached hydrogen (secondary N) is 1. The van der Waals surface area contributed by atoms with Gasteiger partial charge in [-0.2, -0.15) is 0 Å². The van der Waals surface area contributed by atoms with Crippen molar-refractivity contribution >= 4 is 17.6 Å². The van der Waals surface area contributed by atoms with Crippen LogP contribution in [0, 0.1) is 0 Å². The molecule has 0 saturated heterocycles. The van der Waals surface area contributed by atoms with Crippen molar-refractivity contribution < 1.29 is 18.7 Å². The van der Waals surface area contributed by atoms with Gasteiger partial charge in [-0.15, -0.1) is 0 Å². The summed E-state index contributed by atoms with van der Waals surface area (Å²) in [7, 11) is 0. The molecule has 174 valence electrons. The van der Waals surface area contributed by atoms with Crippen molar-refractivity contribution in [1.29, 1.82) is 0 Å². The number of pyridine rings is 1. The van der Waals surface area contributed by atoms with Gasteiger partial charge >= 0.3 is 6.09 Å². The molecular weight excluding hydrogens is 418 g/mol. The molecule has 0 bridgehead atoms. The Morgan fingerprint density at radius 2 is 1.73 bits per heavy atom. The fourth-order valence-electron chi connectivity index (χ4n) is 3.28. The standard InChI is InChI=1S/C26H31N3O4/c1-26(2,3)33-25(31)29-20-15-13-19(14-16-20)10-6-4-5-7-12-22(30)24-28-18-23(32-24)21-11-8-9-17-27-21/h8-9,11,13-18H,4-7,10,12H2,1-3H3,(H,29,31). The molecule has 1 aromatic carbocycles. The van der Waals surface area contributed by atoms with Crippen LogP contribution in [0.1, 0.15) is 69.1 Å². The molecule has 1 amide bonds. The zero-order chi connectivity index (χ0) is 23.7. The molecule has 0 aliphatic carbocycles. The topological polar surface area (TPSA) is 94.3 Å². The quantitative estimate of drug-likeness (QED) is 0.282. The Bertz CT molecular complexity index is 1040. The summed E-state index contributed by atoms with van der Waals surface area (Å²) in [6, 6.07) is 13.3. The lowest BCUT2D eigenvalue weighted by atomic mass is 10.0. The number of aromatic nitrogens is 2. The van der Waals surface area contributed by atoms with E-state index in [2.05, 4.69) is 15.3 Å². The van der Waals surface area contributed by atoms with Gasteiger partial charge in [0.15, 0.2) is 5.76 Å². The number of Topliss-reactive ketones (excluding diaryl/α,β-unsaturated/α-hetero) is 1. The Morgan fingerprint density at radius 1 is 0.970 bits per heavy atom. The van der Waals surface area contributed by atoms with E-state index in [4.69, 9.17) is 9.15 Å². The SMILES string of the molecule is CC(C)(C)OC(=O)Nc1ccc(CCCCCCC(=O)c2ncc(-c3ccccn3)o2)cc1. The summed E-state index contributed by atoms with van der Waals surface area (Å²) in [5.74, 6) is 0.576. The second-order valence-corrected chi connectivity index (χ2v) is 8.91. The smallest absolute Gasteiger partial charge is 0.412 e. The Morgan fingerprint density at radius 3 is 2.42 bits per heavy atom. The van der Waals surface area contributed by atoms with Crippen LogP contribution in [-0.2, 0) is 11.2 Å². The minimum atomic E-state index is -0.522. The number of benzene rings is 1. The lowest BCUT2D eigenvalue weighted by Crippen LogP contribution is -2.27. The Labute approximate surface area is 194 Å². The fourth-order valence-corrected chi connectivity index (χ4v) is 3.28. The maximum atomic E-state index is 12.3. The minimum Gasteiger partial charge on any atom is -0.444 e. The lowest BCUT2D eigenvalue weighted by molar-refractivity contribution is 0.0635. The first kappa shape index (κ1) is 24.2. The molecule has 0 radical (unpaired) electrons. The highest BCUT2D eigenvalue weighted by molar-refractivity contribution is 5.91. The Hall–Kier alpha value is -3.48. The van der Waals surface area contributed by atoms with E-state index < -0.39 is 11.7 Å². The summed E-state index contributed by atoms with van der Waals surface area (Å²) in [6.45, 7) is 5.50. The van der Waals surface area contributed by atoms with Gasteiger partial charge in [0.25, 0.3) is 5.89 Å². The van der Waals surface area contributed by atoms with Gasteiger partial charge in [-0.3, -0.25) is 15.1 Å². The molecule has 0 saturated carbocycles. The maximum absolute atomic E-state index is 12.3. The number of ether oxygens (including phenoxy) is 1. The van der Waals surface area contributed by atoms with Crippen molar-refractivity contribution in [3.05, 3.63) is 66.3 Å². The third kappa shape index (κ3) is 8.18. The zero-order valence-corrected chi connectivity index (χ0v) is 19.5. The van der Waals surface area contributed by atoms with Crippen LogP contribution in [0.2, 0.25) is 0 Å². The third-order valence-electron chi connectivity index (χ3n) is 4.88. The van der Waals surface area contributed by atoms with Crippen molar-refractivity contribution in [2.45, 2.75) is 64.9 Å². The van der Waals surface area contributed by atoms with Gasteiger partial charge in [-0.25, -0.2) is 9.78 Å². The van der Waals surface area contributed by atoms with Gasteiger partial charge in [-0.1, -0.05) is 31.0 Å². The van der Waals surface area contributed by atoms with E-state index in [1.807, 2.05) is 63.2 Å². The largest absolute Gasteiger partial charge is 0.444 e. The van der Waals surface area contributed by atoms with Crippen LogP contribution in [-0.4, -0.2) is 27.4 Å². The molecule has 33 heavy (non-hydrogen) atoms. The van der Waals surface area contributed by atoms with Crippen molar-refractivity contribution in [2.24, 2.45) is 0 Å². The van der Waals surface area contributed by atoms with E-state index in [0.717, 1.165) is 32.1 Å². The summed E-state index contributed by atoms with van der Waals surface area (Å²) in [5.41, 5.74) is 2.07. The normalized spacial score (nSPS) is 11.2. The molecule has 2 aromatic heterocycles. The van der Waals surface area contributed by atoms with E-state index >= 15 is 0 Å². The highest BCUT2D eigenvalue weighted by Gasteiger charge is 2.16. The van der Waals surface area contributed by atoms with Crippen LogP contribution < -0.4 is 5.32 Å². The number of rotatable bonds is 10. The van der Waals surface area contributed by atoms with Gasteiger partial charge in [0.2, 0.25) is 5.78 Å². The van der Waals surface area contributed by atoms with Crippen LogP contribution >= 0.6 is 0 Å². The van der Waals surface area contributed by atoms with Crippen molar-refractivity contribution in [1.82, 2.24) is 9.97 Å². The third-order valence-corrected chi connectivity index (χ3v) is 4.88. The second-order valence-electron chi connectivity index (χ2n) is 8.91. The molecule has 1 N–H and O–H groups in total. The number of unbranched alkanes of at least 4 members (excludes halogenated alkanes) is 3.